The van der Waals surface area contributed by atoms with Crippen LogP contribution in [0.1, 0.15) is 29.4 Å². The number of rotatable bonds is 1. The smallest absolute Gasteiger partial charge is 0.242 e. The zero-order valence-electron chi connectivity index (χ0n) is 7.99. The lowest BCUT2D eigenvalue weighted by atomic mass is 10.0. The number of hydrogen-bond donors (Lipinski definition) is 1. The summed E-state index contributed by atoms with van der Waals surface area (Å²) >= 11 is 0. The van der Waals surface area contributed by atoms with Gasteiger partial charge in [0.1, 0.15) is 6.04 Å². The van der Waals surface area contributed by atoms with E-state index in [9.17, 15) is 9.59 Å². The van der Waals surface area contributed by atoms with Gasteiger partial charge < -0.3 is 9.88 Å². The monoisotopic (exact) mass is 192 g/mol. The Bertz CT molecular complexity index is 381. The standard InChI is InChI=1S/C10H12N2O2/c1-11-10(14)8-4-5-9(13)7-3-2-6-12(7)8/h2-3,6,8H,4-5H2,1H3,(H,11,14). The summed E-state index contributed by atoms with van der Waals surface area (Å²) < 4.78 is 1.75. The van der Waals surface area contributed by atoms with Crippen LogP contribution >= 0.6 is 0 Å². The van der Waals surface area contributed by atoms with E-state index < -0.39 is 0 Å². The van der Waals surface area contributed by atoms with Gasteiger partial charge in [0, 0.05) is 19.7 Å². The van der Waals surface area contributed by atoms with Crippen molar-refractivity contribution in [1.29, 1.82) is 0 Å². The molecule has 0 aromatic carbocycles. The van der Waals surface area contributed by atoms with Gasteiger partial charge in [-0.15, -0.1) is 0 Å². The Labute approximate surface area is 81.9 Å². The summed E-state index contributed by atoms with van der Waals surface area (Å²) in [6, 6.07) is 3.34. The fourth-order valence-corrected chi connectivity index (χ4v) is 1.86. The highest BCUT2D eigenvalue weighted by molar-refractivity contribution is 5.97. The van der Waals surface area contributed by atoms with Gasteiger partial charge in [0.05, 0.1) is 5.69 Å². The average Bonchev–Trinajstić information content (AvgIpc) is 2.67. The molecular formula is C10H12N2O2. The lowest BCUT2D eigenvalue weighted by Crippen LogP contribution is -2.34. The quantitative estimate of drug-likeness (QED) is 0.713. The minimum absolute atomic E-state index is 0.0325. The van der Waals surface area contributed by atoms with Gasteiger partial charge in [0.2, 0.25) is 5.91 Å². The summed E-state index contributed by atoms with van der Waals surface area (Å²) in [6.45, 7) is 0. The Kier molecular flexibility index (Phi) is 2.11. The van der Waals surface area contributed by atoms with E-state index in [1.165, 1.54) is 0 Å². The molecule has 0 saturated carbocycles. The molecule has 1 aromatic heterocycles. The molecule has 0 fully saturated rings. The van der Waals surface area contributed by atoms with Crippen molar-refractivity contribution in [3.63, 3.8) is 0 Å². The van der Waals surface area contributed by atoms with Crippen LogP contribution in [-0.4, -0.2) is 23.3 Å². The van der Waals surface area contributed by atoms with Crippen LogP contribution in [-0.2, 0) is 4.79 Å². The number of likely N-dealkylation sites (N-methyl/N-ethyl adjacent to an activating group) is 1. The fraction of sp³-hybridized carbons (Fsp3) is 0.400. The number of carbonyl (C=O) groups is 2. The normalized spacial score (nSPS) is 20.4. The third-order valence-electron chi connectivity index (χ3n) is 2.59. The molecule has 14 heavy (non-hydrogen) atoms. The van der Waals surface area contributed by atoms with Gasteiger partial charge in [-0.25, -0.2) is 0 Å². The summed E-state index contributed by atoms with van der Waals surface area (Å²) in [5, 5.41) is 2.61. The molecule has 2 rings (SSSR count). The topological polar surface area (TPSA) is 51.1 Å². The van der Waals surface area contributed by atoms with Gasteiger partial charge in [-0.1, -0.05) is 0 Å². The maximum absolute atomic E-state index is 11.5. The maximum atomic E-state index is 11.5. The summed E-state index contributed by atoms with van der Waals surface area (Å²) in [4.78, 5) is 22.9. The van der Waals surface area contributed by atoms with Gasteiger partial charge in [0.25, 0.3) is 0 Å². The lowest BCUT2D eigenvalue weighted by Gasteiger charge is -2.23. The molecule has 1 amide bonds. The van der Waals surface area contributed by atoms with Crippen molar-refractivity contribution in [1.82, 2.24) is 9.88 Å². The first kappa shape index (κ1) is 8.99. The SMILES string of the molecule is CNC(=O)C1CCC(=O)c2cccn21. The van der Waals surface area contributed by atoms with Crippen LogP contribution in [0.4, 0.5) is 0 Å². The third-order valence-corrected chi connectivity index (χ3v) is 2.59. The van der Waals surface area contributed by atoms with Crippen molar-refractivity contribution in [3.8, 4) is 0 Å². The average molecular weight is 192 g/mol. The molecule has 0 bridgehead atoms. The predicted octanol–water partition coefficient (Wildman–Crippen LogP) is 0.752. The number of aromatic nitrogens is 1. The van der Waals surface area contributed by atoms with E-state index in [2.05, 4.69) is 5.32 Å². The van der Waals surface area contributed by atoms with Crippen molar-refractivity contribution in [2.24, 2.45) is 0 Å². The minimum Gasteiger partial charge on any atom is -0.357 e. The second kappa shape index (κ2) is 3.29. The number of amides is 1. The van der Waals surface area contributed by atoms with Crippen LogP contribution in [0, 0.1) is 0 Å². The molecule has 1 unspecified atom stereocenters. The fourth-order valence-electron chi connectivity index (χ4n) is 1.86. The molecule has 74 valence electrons. The second-order valence-corrected chi connectivity index (χ2v) is 3.39. The van der Waals surface area contributed by atoms with E-state index in [4.69, 9.17) is 0 Å². The lowest BCUT2D eigenvalue weighted by molar-refractivity contribution is -0.124. The van der Waals surface area contributed by atoms with Crippen LogP contribution in [0.3, 0.4) is 0 Å². The minimum atomic E-state index is -0.220. The molecule has 0 aliphatic carbocycles. The highest BCUT2D eigenvalue weighted by Crippen LogP contribution is 2.25. The Morgan fingerprint density at radius 3 is 3.14 bits per heavy atom. The molecule has 4 heteroatoms. The van der Waals surface area contributed by atoms with Crippen LogP contribution in [0.15, 0.2) is 18.3 Å². The molecule has 0 saturated heterocycles. The molecule has 1 aromatic rings. The Hall–Kier alpha value is -1.58. The Morgan fingerprint density at radius 2 is 2.43 bits per heavy atom. The van der Waals surface area contributed by atoms with E-state index in [1.54, 1.807) is 29.9 Å². The van der Waals surface area contributed by atoms with Crippen LogP contribution in [0.5, 0.6) is 0 Å². The van der Waals surface area contributed by atoms with Crippen molar-refractivity contribution in [2.45, 2.75) is 18.9 Å². The summed E-state index contributed by atoms with van der Waals surface area (Å²) in [5.41, 5.74) is 0.643. The highest BCUT2D eigenvalue weighted by atomic mass is 16.2. The Morgan fingerprint density at radius 1 is 1.64 bits per heavy atom. The summed E-state index contributed by atoms with van der Waals surface area (Å²) in [7, 11) is 1.61. The summed E-state index contributed by atoms with van der Waals surface area (Å²) in [6.07, 6.45) is 2.84. The predicted molar refractivity (Wildman–Crippen MR) is 51.1 cm³/mol. The van der Waals surface area contributed by atoms with E-state index in [0.29, 0.717) is 18.5 Å². The number of carbonyl (C=O) groups excluding carboxylic acids is 2. The number of hydrogen-bond acceptors (Lipinski definition) is 2. The number of fused-ring (bicyclic) bond motifs is 1. The number of Topliss-reactive ketones (excluding diaryl/α,β-unsaturated/α-hetero) is 1. The first-order valence-corrected chi connectivity index (χ1v) is 4.65. The highest BCUT2D eigenvalue weighted by Gasteiger charge is 2.28. The van der Waals surface area contributed by atoms with Crippen molar-refractivity contribution in [2.75, 3.05) is 7.05 Å². The first-order valence-electron chi connectivity index (χ1n) is 4.65. The molecule has 1 aliphatic rings. The number of ketones is 1. The van der Waals surface area contributed by atoms with Crippen LogP contribution in [0.2, 0.25) is 0 Å². The van der Waals surface area contributed by atoms with E-state index in [0.717, 1.165) is 0 Å². The first-order chi connectivity index (χ1) is 6.74. The van der Waals surface area contributed by atoms with Gasteiger partial charge in [0.15, 0.2) is 5.78 Å². The molecule has 2 heterocycles. The van der Waals surface area contributed by atoms with E-state index in [-0.39, 0.29) is 17.7 Å². The van der Waals surface area contributed by atoms with Crippen LogP contribution in [0.25, 0.3) is 0 Å². The number of nitrogens with one attached hydrogen (secondary N) is 1. The van der Waals surface area contributed by atoms with Gasteiger partial charge in [-0.05, 0) is 18.6 Å². The molecule has 0 spiro atoms. The molecule has 4 nitrogen and oxygen atoms in total. The molecule has 1 atom stereocenters. The van der Waals surface area contributed by atoms with Gasteiger partial charge in [-0.2, -0.15) is 0 Å². The van der Waals surface area contributed by atoms with Crippen molar-refractivity contribution < 1.29 is 9.59 Å². The van der Waals surface area contributed by atoms with Gasteiger partial charge >= 0.3 is 0 Å². The molecule has 1 N–H and O–H groups in total. The van der Waals surface area contributed by atoms with E-state index in [1.807, 2.05) is 0 Å². The van der Waals surface area contributed by atoms with Crippen LogP contribution < -0.4 is 5.32 Å². The molecule has 1 aliphatic heterocycles. The Balaban J connectivity index is 2.38. The molecule has 0 radical (unpaired) electrons. The maximum Gasteiger partial charge on any atom is 0.242 e. The third kappa shape index (κ3) is 1.23. The number of nitrogens with zero attached hydrogens (tertiary/aromatic N) is 1. The zero-order chi connectivity index (χ0) is 10.1. The van der Waals surface area contributed by atoms with E-state index >= 15 is 0 Å². The zero-order valence-corrected chi connectivity index (χ0v) is 7.99. The largest absolute Gasteiger partial charge is 0.357 e. The van der Waals surface area contributed by atoms with Crippen molar-refractivity contribution in [3.05, 3.63) is 24.0 Å². The molecular weight excluding hydrogens is 180 g/mol. The summed E-state index contributed by atoms with van der Waals surface area (Å²) in [5.74, 6) is 0.0881. The second-order valence-electron chi connectivity index (χ2n) is 3.39. The van der Waals surface area contributed by atoms with Crippen molar-refractivity contribution >= 4 is 11.7 Å². The van der Waals surface area contributed by atoms with Gasteiger partial charge in [-0.3, -0.25) is 9.59 Å².